The summed E-state index contributed by atoms with van der Waals surface area (Å²) in [6.45, 7) is 6.01. The number of aliphatic hydroxyl groups excluding tert-OH is 1. The Morgan fingerprint density at radius 2 is 2.04 bits per heavy atom. The minimum absolute atomic E-state index is 0.213. The molecule has 1 aliphatic heterocycles. The number of hydrogen-bond donors (Lipinski definition) is 1. The minimum atomic E-state index is -4.42. The highest BCUT2D eigenvalue weighted by Crippen LogP contribution is 2.36. The lowest BCUT2D eigenvalue weighted by Gasteiger charge is -2.33. The Kier molecular flexibility index (Phi) is 4.92. The first-order valence-corrected chi connectivity index (χ1v) is 8.87. The van der Waals surface area contributed by atoms with Crippen LogP contribution in [-0.2, 0) is 13.2 Å². The third-order valence-corrected chi connectivity index (χ3v) is 5.72. The van der Waals surface area contributed by atoms with Crippen molar-refractivity contribution in [2.45, 2.75) is 19.0 Å². The second-order valence-corrected chi connectivity index (χ2v) is 7.34. The first kappa shape index (κ1) is 18.0. The SMILES string of the molecule is C=C(c1ccc(-c2cc(C(F)(F)F)n(C)n2)s1)N1CCC(CO)CC1. The third-order valence-electron chi connectivity index (χ3n) is 4.57. The molecule has 2 aromatic rings. The number of piperidine rings is 1. The van der Waals surface area contributed by atoms with E-state index in [4.69, 9.17) is 0 Å². The van der Waals surface area contributed by atoms with Gasteiger partial charge in [-0.05, 0) is 37.0 Å². The maximum absolute atomic E-state index is 12.9. The van der Waals surface area contributed by atoms with Crippen molar-refractivity contribution in [2.24, 2.45) is 13.0 Å². The van der Waals surface area contributed by atoms with Gasteiger partial charge in [0, 0.05) is 32.4 Å². The molecule has 4 nitrogen and oxygen atoms in total. The van der Waals surface area contributed by atoms with Gasteiger partial charge in [-0.2, -0.15) is 18.3 Å². The van der Waals surface area contributed by atoms with E-state index in [9.17, 15) is 18.3 Å². The van der Waals surface area contributed by atoms with Gasteiger partial charge in [-0.15, -0.1) is 11.3 Å². The van der Waals surface area contributed by atoms with E-state index in [-0.39, 0.29) is 6.61 Å². The first-order valence-electron chi connectivity index (χ1n) is 8.06. The standard InChI is InChI=1S/C17H20F3N3OS/c1-11(23-7-5-12(10-24)6-8-23)14-3-4-15(25-14)13-9-16(17(18,19)20)22(2)21-13/h3-4,9,12,24H,1,5-8,10H2,2H3. The lowest BCUT2D eigenvalue weighted by Crippen LogP contribution is -2.33. The summed E-state index contributed by atoms with van der Waals surface area (Å²) in [6.07, 6.45) is -2.58. The summed E-state index contributed by atoms with van der Waals surface area (Å²) in [5.74, 6) is 0.345. The number of aliphatic hydroxyl groups is 1. The van der Waals surface area contributed by atoms with Crippen LogP contribution in [0.25, 0.3) is 16.3 Å². The first-order chi connectivity index (χ1) is 11.8. The number of likely N-dealkylation sites (tertiary alicyclic amines) is 1. The average Bonchev–Trinajstić information content (AvgIpc) is 3.20. The fraction of sp³-hybridized carbons (Fsp3) is 0.471. The van der Waals surface area contributed by atoms with Crippen LogP contribution in [0.4, 0.5) is 13.2 Å². The monoisotopic (exact) mass is 371 g/mol. The van der Waals surface area contributed by atoms with Crippen molar-refractivity contribution in [2.75, 3.05) is 19.7 Å². The van der Waals surface area contributed by atoms with E-state index in [1.807, 2.05) is 6.07 Å². The Morgan fingerprint density at radius 1 is 1.36 bits per heavy atom. The van der Waals surface area contributed by atoms with Crippen LogP contribution in [0.1, 0.15) is 23.4 Å². The van der Waals surface area contributed by atoms with E-state index in [1.165, 1.54) is 18.4 Å². The highest BCUT2D eigenvalue weighted by molar-refractivity contribution is 7.16. The van der Waals surface area contributed by atoms with E-state index in [2.05, 4.69) is 16.6 Å². The largest absolute Gasteiger partial charge is 0.433 e. The molecular weight excluding hydrogens is 351 g/mol. The maximum Gasteiger partial charge on any atom is 0.433 e. The van der Waals surface area contributed by atoms with Gasteiger partial charge in [0.05, 0.1) is 9.75 Å². The molecule has 0 bridgehead atoms. The molecule has 1 saturated heterocycles. The molecular formula is C17H20F3N3OS. The maximum atomic E-state index is 12.9. The zero-order valence-electron chi connectivity index (χ0n) is 13.9. The molecule has 0 amide bonds. The van der Waals surface area contributed by atoms with Crippen LogP contribution in [0.15, 0.2) is 24.8 Å². The van der Waals surface area contributed by atoms with Crippen LogP contribution in [0.2, 0.25) is 0 Å². The van der Waals surface area contributed by atoms with Crippen LogP contribution < -0.4 is 0 Å². The number of hydrogen-bond acceptors (Lipinski definition) is 4. The molecule has 25 heavy (non-hydrogen) atoms. The van der Waals surface area contributed by atoms with Crippen molar-refractivity contribution in [1.29, 1.82) is 0 Å². The molecule has 8 heteroatoms. The molecule has 0 atom stereocenters. The van der Waals surface area contributed by atoms with Crippen LogP contribution in [-0.4, -0.2) is 39.5 Å². The van der Waals surface area contributed by atoms with Crippen molar-refractivity contribution in [3.63, 3.8) is 0 Å². The van der Waals surface area contributed by atoms with Gasteiger partial charge in [-0.1, -0.05) is 6.58 Å². The predicted molar refractivity (Wildman–Crippen MR) is 91.9 cm³/mol. The number of thiophene rings is 1. The van der Waals surface area contributed by atoms with E-state index in [0.717, 1.165) is 47.3 Å². The summed E-state index contributed by atoms with van der Waals surface area (Å²) in [4.78, 5) is 3.78. The van der Waals surface area contributed by atoms with Gasteiger partial charge >= 0.3 is 6.18 Å². The van der Waals surface area contributed by atoms with E-state index < -0.39 is 11.9 Å². The summed E-state index contributed by atoms with van der Waals surface area (Å²) in [7, 11) is 1.30. The van der Waals surface area contributed by atoms with Gasteiger partial charge in [0.25, 0.3) is 0 Å². The molecule has 0 saturated carbocycles. The Hall–Kier alpha value is -1.80. The van der Waals surface area contributed by atoms with Gasteiger partial charge < -0.3 is 10.0 Å². The van der Waals surface area contributed by atoms with Crippen molar-refractivity contribution in [3.05, 3.63) is 35.3 Å². The summed E-state index contributed by atoms with van der Waals surface area (Å²) >= 11 is 1.39. The highest BCUT2D eigenvalue weighted by atomic mass is 32.1. The Bertz CT molecular complexity index is 758. The Balaban J connectivity index is 1.76. The minimum Gasteiger partial charge on any atom is -0.396 e. The smallest absolute Gasteiger partial charge is 0.396 e. The molecule has 0 aliphatic carbocycles. The lowest BCUT2D eigenvalue weighted by atomic mass is 9.97. The Morgan fingerprint density at radius 3 is 2.60 bits per heavy atom. The Labute approximate surface area is 148 Å². The van der Waals surface area contributed by atoms with Gasteiger partial charge in [-0.3, -0.25) is 4.68 Å². The zero-order chi connectivity index (χ0) is 18.2. The molecule has 0 radical (unpaired) electrons. The molecule has 3 heterocycles. The van der Waals surface area contributed by atoms with Crippen LogP contribution >= 0.6 is 11.3 Å². The van der Waals surface area contributed by atoms with E-state index >= 15 is 0 Å². The van der Waals surface area contributed by atoms with E-state index in [0.29, 0.717) is 16.5 Å². The highest BCUT2D eigenvalue weighted by Gasteiger charge is 2.35. The molecule has 1 N–H and O–H groups in total. The molecule has 0 aromatic carbocycles. The zero-order valence-corrected chi connectivity index (χ0v) is 14.7. The predicted octanol–water partition coefficient (Wildman–Crippen LogP) is 3.84. The van der Waals surface area contributed by atoms with Gasteiger partial charge in [0.1, 0.15) is 11.4 Å². The quantitative estimate of drug-likeness (QED) is 0.888. The number of halogens is 3. The average molecular weight is 371 g/mol. The summed E-state index contributed by atoms with van der Waals surface area (Å²) < 4.78 is 39.6. The van der Waals surface area contributed by atoms with Crippen LogP contribution in [0.3, 0.4) is 0 Å². The summed E-state index contributed by atoms with van der Waals surface area (Å²) in [5, 5.41) is 13.2. The number of aryl methyl sites for hydroxylation is 1. The van der Waals surface area contributed by atoms with Crippen LogP contribution in [0.5, 0.6) is 0 Å². The topological polar surface area (TPSA) is 41.3 Å². The van der Waals surface area contributed by atoms with Gasteiger partial charge in [-0.25, -0.2) is 0 Å². The summed E-state index contributed by atoms with van der Waals surface area (Å²) in [6, 6.07) is 4.74. The number of rotatable bonds is 4. The fourth-order valence-electron chi connectivity index (χ4n) is 3.02. The molecule has 1 aliphatic rings. The molecule has 0 spiro atoms. The van der Waals surface area contributed by atoms with Crippen molar-refractivity contribution >= 4 is 17.0 Å². The molecule has 2 aromatic heterocycles. The fourth-order valence-corrected chi connectivity index (χ4v) is 3.99. The van der Waals surface area contributed by atoms with Crippen molar-refractivity contribution < 1.29 is 18.3 Å². The molecule has 3 rings (SSSR count). The van der Waals surface area contributed by atoms with Gasteiger partial charge in [0.15, 0.2) is 0 Å². The summed E-state index contributed by atoms with van der Waals surface area (Å²) in [5.41, 5.74) is 0.430. The second kappa shape index (κ2) is 6.84. The molecule has 1 fully saturated rings. The molecule has 0 unspecified atom stereocenters. The lowest BCUT2D eigenvalue weighted by molar-refractivity contribution is -0.143. The van der Waals surface area contributed by atoms with Crippen molar-refractivity contribution in [1.82, 2.24) is 14.7 Å². The molecule has 136 valence electrons. The number of alkyl halides is 3. The van der Waals surface area contributed by atoms with E-state index in [1.54, 1.807) is 6.07 Å². The number of aromatic nitrogens is 2. The third kappa shape index (κ3) is 3.74. The number of nitrogens with zero attached hydrogens (tertiary/aromatic N) is 3. The second-order valence-electron chi connectivity index (χ2n) is 6.26. The normalized spacial score (nSPS) is 16.4. The van der Waals surface area contributed by atoms with Crippen LogP contribution in [0, 0.1) is 5.92 Å². The van der Waals surface area contributed by atoms with Gasteiger partial charge in [0.2, 0.25) is 0 Å². The van der Waals surface area contributed by atoms with Crippen molar-refractivity contribution in [3.8, 4) is 10.6 Å².